The zero-order chi connectivity index (χ0) is 19.3. The van der Waals surface area contributed by atoms with E-state index in [2.05, 4.69) is 4.90 Å². The lowest BCUT2D eigenvalue weighted by molar-refractivity contribution is -0.193. The minimum atomic E-state index is -2.22. The Morgan fingerprint density at radius 1 is 1.31 bits per heavy atom. The highest BCUT2D eigenvalue weighted by Crippen LogP contribution is 2.36. The van der Waals surface area contributed by atoms with E-state index in [1.165, 1.54) is 20.8 Å². The second kappa shape index (κ2) is 6.60. The predicted octanol–water partition coefficient (Wildman–Crippen LogP) is -0.642. The zero-order valence-electron chi connectivity index (χ0n) is 15.3. The van der Waals surface area contributed by atoms with E-state index in [9.17, 15) is 24.9 Å². The van der Waals surface area contributed by atoms with Crippen LogP contribution in [0.3, 0.4) is 0 Å². The molecule has 26 heavy (non-hydrogen) atoms. The van der Waals surface area contributed by atoms with E-state index in [0.29, 0.717) is 13.0 Å². The molecule has 0 bridgehead atoms. The van der Waals surface area contributed by atoms with Crippen molar-refractivity contribution >= 4 is 11.9 Å². The normalized spacial score (nSPS) is 42.8. The molecule has 0 saturated carbocycles. The number of esters is 2. The summed E-state index contributed by atoms with van der Waals surface area (Å²) in [7, 11) is 0. The molecule has 0 aromatic carbocycles. The van der Waals surface area contributed by atoms with E-state index in [1.807, 2.05) is 6.08 Å². The van der Waals surface area contributed by atoms with Crippen LogP contribution in [0.5, 0.6) is 0 Å². The molecule has 0 unspecified atom stereocenters. The molecule has 2 fully saturated rings. The van der Waals surface area contributed by atoms with E-state index < -0.39 is 41.3 Å². The van der Waals surface area contributed by atoms with Crippen LogP contribution in [0.2, 0.25) is 0 Å². The average molecular weight is 369 g/mol. The van der Waals surface area contributed by atoms with Gasteiger partial charge in [0.05, 0.1) is 12.1 Å². The number of aliphatic hydroxyl groups excluding tert-OH is 1. The number of carbonyl (C=O) groups excluding carboxylic acids is 2. The van der Waals surface area contributed by atoms with Crippen molar-refractivity contribution in [3.63, 3.8) is 0 Å². The Bertz CT molecular complexity index is 629. The summed E-state index contributed by atoms with van der Waals surface area (Å²) in [5.74, 6) is -2.60. The fourth-order valence-electron chi connectivity index (χ4n) is 3.95. The largest absolute Gasteiger partial charge is 0.459 e. The first kappa shape index (κ1) is 19.3. The topological polar surface area (TPSA) is 117 Å². The van der Waals surface area contributed by atoms with E-state index in [0.717, 1.165) is 12.1 Å². The van der Waals surface area contributed by atoms with Gasteiger partial charge >= 0.3 is 11.9 Å². The van der Waals surface area contributed by atoms with Crippen LogP contribution in [0.15, 0.2) is 11.6 Å². The van der Waals surface area contributed by atoms with Gasteiger partial charge in [0.2, 0.25) is 0 Å². The molecule has 0 spiro atoms. The summed E-state index contributed by atoms with van der Waals surface area (Å²) in [5, 5.41) is 31.5. The van der Waals surface area contributed by atoms with E-state index >= 15 is 0 Å². The Hall–Kier alpha value is -1.48. The summed E-state index contributed by atoms with van der Waals surface area (Å²) < 4.78 is 10.9. The second-order valence-corrected chi connectivity index (χ2v) is 7.88. The van der Waals surface area contributed by atoms with E-state index in [-0.39, 0.29) is 19.1 Å². The Balaban J connectivity index is 1.97. The minimum absolute atomic E-state index is 0.0254. The number of cyclic esters (lactones) is 1. The Morgan fingerprint density at radius 3 is 2.65 bits per heavy atom. The third-order valence-electron chi connectivity index (χ3n) is 6.08. The third kappa shape index (κ3) is 3.05. The van der Waals surface area contributed by atoms with Crippen LogP contribution in [-0.4, -0.2) is 81.3 Å². The SMILES string of the molecule is C[C@H](O)[C@@]1(O)C[C@@H](C)[C@](C)(O)C(=O)OCC2=CCN3CC[C@@H](OC1=O)[C@@H]23. The van der Waals surface area contributed by atoms with Crippen LogP contribution in [0.25, 0.3) is 0 Å². The average Bonchev–Trinajstić information content (AvgIpc) is 3.14. The van der Waals surface area contributed by atoms with Crippen LogP contribution in [0.4, 0.5) is 0 Å². The highest BCUT2D eigenvalue weighted by Gasteiger charge is 2.52. The van der Waals surface area contributed by atoms with Gasteiger partial charge in [-0.05, 0) is 38.2 Å². The Labute approximate surface area is 152 Å². The van der Waals surface area contributed by atoms with E-state index in [1.54, 1.807) is 0 Å². The van der Waals surface area contributed by atoms with Crippen molar-refractivity contribution in [1.29, 1.82) is 0 Å². The quantitative estimate of drug-likeness (QED) is 0.413. The lowest BCUT2D eigenvalue weighted by Crippen LogP contribution is -2.56. The van der Waals surface area contributed by atoms with Crippen LogP contribution < -0.4 is 0 Å². The number of hydrogen-bond acceptors (Lipinski definition) is 8. The standard InChI is InChI=1S/C18H27NO7/c1-10-8-18(24,11(2)20)16(22)26-13-5-7-19-6-4-12(14(13)19)9-25-15(21)17(10,3)23/h4,10-11,13-14,20,23-24H,5-9H2,1-3H3/t10-,11+,13-,14-,17+,18+/m1/s1. The van der Waals surface area contributed by atoms with Gasteiger partial charge < -0.3 is 24.8 Å². The fourth-order valence-corrected chi connectivity index (χ4v) is 3.95. The summed E-state index contributed by atoms with van der Waals surface area (Å²) >= 11 is 0. The van der Waals surface area contributed by atoms with Gasteiger partial charge in [0, 0.05) is 13.1 Å². The van der Waals surface area contributed by atoms with Gasteiger partial charge in [0.25, 0.3) is 0 Å². The van der Waals surface area contributed by atoms with Gasteiger partial charge in [-0.25, -0.2) is 9.59 Å². The molecule has 0 amide bonds. The van der Waals surface area contributed by atoms with Crippen molar-refractivity contribution in [1.82, 2.24) is 4.90 Å². The number of rotatable bonds is 1. The maximum Gasteiger partial charge on any atom is 0.341 e. The molecule has 2 saturated heterocycles. The minimum Gasteiger partial charge on any atom is -0.459 e. The molecular weight excluding hydrogens is 342 g/mol. The zero-order valence-corrected chi connectivity index (χ0v) is 15.3. The smallest absolute Gasteiger partial charge is 0.341 e. The van der Waals surface area contributed by atoms with Crippen molar-refractivity contribution in [3.8, 4) is 0 Å². The summed E-state index contributed by atoms with van der Waals surface area (Å²) in [6.07, 6.45) is 0.293. The molecule has 8 heteroatoms. The van der Waals surface area contributed by atoms with Gasteiger partial charge in [0.1, 0.15) is 12.7 Å². The second-order valence-electron chi connectivity index (χ2n) is 7.88. The molecule has 0 aromatic heterocycles. The van der Waals surface area contributed by atoms with Crippen molar-refractivity contribution < 1.29 is 34.4 Å². The number of hydrogen-bond donors (Lipinski definition) is 3. The molecule has 0 aromatic rings. The molecule has 146 valence electrons. The van der Waals surface area contributed by atoms with Crippen LogP contribution in [0.1, 0.15) is 33.6 Å². The highest BCUT2D eigenvalue weighted by atomic mass is 16.6. The monoisotopic (exact) mass is 369 g/mol. The van der Waals surface area contributed by atoms with Gasteiger partial charge in [-0.1, -0.05) is 13.0 Å². The Kier molecular flexibility index (Phi) is 4.89. The summed E-state index contributed by atoms with van der Waals surface area (Å²) in [6.45, 7) is 5.50. The lowest BCUT2D eigenvalue weighted by Gasteiger charge is -2.37. The first-order chi connectivity index (χ1) is 12.1. The lowest BCUT2D eigenvalue weighted by atomic mass is 9.79. The first-order valence-electron chi connectivity index (χ1n) is 9.01. The van der Waals surface area contributed by atoms with Gasteiger partial charge in [-0.3, -0.25) is 4.90 Å². The third-order valence-corrected chi connectivity index (χ3v) is 6.08. The fraction of sp³-hybridized carbons (Fsp3) is 0.778. The summed E-state index contributed by atoms with van der Waals surface area (Å²) in [4.78, 5) is 27.3. The molecule has 3 heterocycles. The molecule has 3 rings (SSSR count). The van der Waals surface area contributed by atoms with Crippen LogP contribution in [0, 0.1) is 5.92 Å². The molecule has 0 aliphatic carbocycles. The predicted molar refractivity (Wildman–Crippen MR) is 89.9 cm³/mol. The molecule has 3 aliphatic rings. The molecule has 6 atom stereocenters. The molecule has 8 nitrogen and oxygen atoms in total. The Morgan fingerprint density at radius 2 is 2.00 bits per heavy atom. The highest BCUT2D eigenvalue weighted by molar-refractivity contribution is 5.82. The van der Waals surface area contributed by atoms with Crippen molar-refractivity contribution in [2.45, 2.75) is 63.1 Å². The van der Waals surface area contributed by atoms with Crippen molar-refractivity contribution in [2.75, 3.05) is 19.7 Å². The number of nitrogens with zero attached hydrogens (tertiary/aromatic N) is 1. The molecule has 3 aliphatic heterocycles. The van der Waals surface area contributed by atoms with Gasteiger partial charge in [-0.2, -0.15) is 0 Å². The number of ether oxygens (including phenoxy) is 2. The summed E-state index contributed by atoms with van der Waals surface area (Å²) in [6, 6.07) is -0.216. The number of aliphatic hydroxyl groups is 3. The molecule has 3 N–H and O–H groups in total. The van der Waals surface area contributed by atoms with Crippen LogP contribution >= 0.6 is 0 Å². The molecular formula is C18H27NO7. The number of carbonyl (C=O) groups is 2. The van der Waals surface area contributed by atoms with Crippen molar-refractivity contribution in [3.05, 3.63) is 11.6 Å². The van der Waals surface area contributed by atoms with Gasteiger partial charge in [0.15, 0.2) is 11.2 Å². The maximum atomic E-state index is 12.7. The summed E-state index contributed by atoms with van der Waals surface area (Å²) in [5.41, 5.74) is -3.33. The molecule has 0 radical (unpaired) electrons. The van der Waals surface area contributed by atoms with Crippen LogP contribution in [-0.2, 0) is 19.1 Å². The maximum absolute atomic E-state index is 12.7. The van der Waals surface area contributed by atoms with E-state index in [4.69, 9.17) is 9.47 Å². The van der Waals surface area contributed by atoms with Gasteiger partial charge in [-0.15, -0.1) is 0 Å². The van der Waals surface area contributed by atoms with Crippen molar-refractivity contribution in [2.24, 2.45) is 5.92 Å². The first-order valence-corrected chi connectivity index (χ1v) is 9.01.